The molecule has 1 aromatic heterocycles. The standard InChI is InChI=1S/C15H22N2O2/c1-3-11-19-14-5-4-10-16-15(14)17(2)12-6-8-13(18)9-7-12/h4-5,10,12H,3,6-9,11H2,1-2H3. The molecule has 0 aromatic carbocycles. The second-order valence-electron chi connectivity index (χ2n) is 5.05. The van der Waals surface area contributed by atoms with Crippen LogP contribution in [0.25, 0.3) is 0 Å². The van der Waals surface area contributed by atoms with Crippen molar-refractivity contribution in [3.8, 4) is 5.75 Å². The van der Waals surface area contributed by atoms with Crippen LogP contribution in [0, 0.1) is 0 Å². The zero-order valence-corrected chi connectivity index (χ0v) is 11.8. The normalized spacial score (nSPS) is 16.4. The largest absolute Gasteiger partial charge is 0.490 e. The van der Waals surface area contributed by atoms with Gasteiger partial charge in [0.25, 0.3) is 0 Å². The van der Waals surface area contributed by atoms with Gasteiger partial charge in [-0.1, -0.05) is 6.92 Å². The quantitative estimate of drug-likeness (QED) is 0.818. The second kappa shape index (κ2) is 6.55. The van der Waals surface area contributed by atoms with Crippen LogP contribution in [-0.4, -0.2) is 30.5 Å². The van der Waals surface area contributed by atoms with Crippen LogP contribution in [-0.2, 0) is 4.79 Å². The SMILES string of the molecule is CCCOc1cccnc1N(C)C1CCC(=O)CC1. The number of hydrogen-bond donors (Lipinski definition) is 0. The number of Topliss-reactive ketones (excluding diaryl/α,β-unsaturated/α-hetero) is 1. The molecule has 0 bridgehead atoms. The summed E-state index contributed by atoms with van der Waals surface area (Å²) in [6.07, 6.45) is 5.98. The number of nitrogens with zero attached hydrogens (tertiary/aromatic N) is 2. The molecule has 0 N–H and O–H groups in total. The summed E-state index contributed by atoms with van der Waals surface area (Å²) in [4.78, 5) is 17.9. The highest BCUT2D eigenvalue weighted by atomic mass is 16.5. The first-order valence-electron chi connectivity index (χ1n) is 7.04. The summed E-state index contributed by atoms with van der Waals surface area (Å²) in [6, 6.07) is 4.24. The van der Waals surface area contributed by atoms with Crippen LogP contribution < -0.4 is 9.64 Å². The van der Waals surface area contributed by atoms with Gasteiger partial charge in [0.1, 0.15) is 5.78 Å². The second-order valence-corrected chi connectivity index (χ2v) is 5.05. The highest BCUT2D eigenvalue weighted by Crippen LogP contribution is 2.30. The van der Waals surface area contributed by atoms with Crippen molar-refractivity contribution in [1.82, 2.24) is 4.98 Å². The summed E-state index contributed by atoms with van der Waals surface area (Å²) in [7, 11) is 2.04. The van der Waals surface area contributed by atoms with Crippen molar-refractivity contribution in [1.29, 1.82) is 0 Å². The third-order valence-electron chi connectivity index (χ3n) is 3.61. The minimum absolute atomic E-state index is 0.383. The molecule has 1 fully saturated rings. The van der Waals surface area contributed by atoms with Gasteiger partial charge in [0.05, 0.1) is 6.61 Å². The predicted molar refractivity (Wildman–Crippen MR) is 75.7 cm³/mol. The first-order valence-corrected chi connectivity index (χ1v) is 7.04. The average molecular weight is 262 g/mol. The first-order chi connectivity index (χ1) is 9.22. The number of anilines is 1. The van der Waals surface area contributed by atoms with Gasteiger partial charge in [0, 0.05) is 32.1 Å². The minimum Gasteiger partial charge on any atom is -0.490 e. The number of aromatic nitrogens is 1. The van der Waals surface area contributed by atoms with Gasteiger partial charge >= 0.3 is 0 Å². The van der Waals surface area contributed by atoms with E-state index in [2.05, 4.69) is 16.8 Å². The van der Waals surface area contributed by atoms with Crippen molar-refractivity contribution in [2.75, 3.05) is 18.6 Å². The van der Waals surface area contributed by atoms with Crippen molar-refractivity contribution < 1.29 is 9.53 Å². The summed E-state index contributed by atoms with van der Waals surface area (Å²) >= 11 is 0. The maximum absolute atomic E-state index is 11.3. The van der Waals surface area contributed by atoms with Gasteiger partial charge in [-0.25, -0.2) is 4.98 Å². The number of ketones is 1. The highest BCUT2D eigenvalue weighted by Gasteiger charge is 2.24. The lowest BCUT2D eigenvalue weighted by Gasteiger charge is -2.32. The Morgan fingerprint density at radius 2 is 2.16 bits per heavy atom. The van der Waals surface area contributed by atoms with Gasteiger partial charge in [-0.05, 0) is 31.4 Å². The Kier molecular flexibility index (Phi) is 4.77. The van der Waals surface area contributed by atoms with E-state index in [9.17, 15) is 4.79 Å². The van der Waals surface area contributed by atoms with E-state index in [-0.39, 0.29) is 0 Å². The topological polar surface area (TPSA) is 42.4 Å². The Balaban J connectivity index is 2.09. The smallest absolute Gasteiger partial charge is 0.171 e. The van der Waals surface area contributed by atoms with Crippen molar-refractivity contribution >= 4 is 11.6 Å². The summed E-state index contributed by atoms with van der Waals surface area (Å²) < 4.78 is 5.75. The Labute approximate surface area is 114 Å². The zero-order chi connectivity index (χ0) is 13.7. The lowest BCUT2D eigenvalue weighted by molar-refractivity contribution is -0.120. The Hall–Kier alpha value is -1.58. The number of hydrogen-bond acceptors (Lipinski definition) is 4. The van der Waals surface area contributed by atoms with E-state index in [1.807, 2.05) is 19.2 Å². The lowest BCUT2D eigenvalue weighted by Crippen LogP contribution is -2.36. The summed E-state index contributed by atoms with van der Waals surface area (Å²) in [6.45, 7) is 2.79. The number of carbonyl (C=O) groups excluding carboxylic acids is 1. The van der Waals surface area contributed by atoms with E-state index in [1.54, 1.807) is 6.20 Å². The van der Waals surface area contributed by atoms with E-state index in [1.165, 1.54) is 0 Å². The van der Waals surface area contributed by atoms with Crippen LogP contribution in [0.3, 0.4) is 0 Å². The van der Waals surface area contributed by atoms with E-state index in [4.69, 9.17) is 4.74 Å². The third kappa shape index (κ3) is 3.46. The molecule has 0 aliphatic heterocycles. The van der Waals surface area contributed by atoms with E-state index in [0.29, 0.717) is 31.3 Å². The Morgan fingerprint density at radius 3 is 2.84 bits per heavy atom. The molecule has 0 spiro atoms. The van der Waals surface area contributed by atoms with Crippen molar-refractivity contribution in [2.24, 2.45) is 0 Å². The molecule has 2 rings (SSSR count). The van der Waals surface area contributed by atoms with E-state index >= 15 is 0 Å². The number of pyridine rings is 1. The number of ether oxygens (including phenoxy) is 1. The zero-order valence-electron chi connectivity index (χ0n) is 11.8. The molecule has 1 aliphatic carbocycles. The van der Waals surface area contributed by atoms with Crippen LogP contribution in [0.2, 0.25) is 0 Å². The van der Waals surface area contributed by atoms with E-state index in [0.717, 1.165) is 30.8 Å². The molecule has 4 heteroatoms. The molecular weight excluding hydrogens is 240 g/mol. The lowest BCUT2D eigenvalue weighted by atomic mass is 9.93. The van der Waals surface area contributed by atoms with Crippen LogP contribution in [0.4, 0.5) is 5.82 Å². The Bertz CT molecular complexity index is 424. The predicted octanol–water partition coefficient (Wildman–Crippen LogP) is 2.82. The van der Waals surface area contributed by atoms with Crippen LogP contribution in [0.1, 0.15) is 39.0 Å². The van der Waals surface area contributed by atoms with Gasteiger partial charge in [0.2, 0.25) is 0 Å². The van der Waals surface area contributed by atoms with Gasteiger partial charge in [-0.2, -0.15) is 0 Å². The van der Waals surface area contributed by atoms with Gasteiger partial charge < -0.3 is 9.64 Å². The van der Waals surface area contributed by atoms with E-state index < -0.39 is 0 Å². The fraction of sp³-hybridized carbons (Fsp3) is 0.600. The molecule has 1 aromatic rings. The third-order valence-corrected chi connectivity index (χ3v) is 3.61. The van der Waals surface area contributed by atoms with Gasteiger partial charge in [-0.3, -0.25) is 4.79 Å². The molecular formula is C15H22N2O2. The molecule has 4 nitrogen and oxygen atoms in total. The highest BCUT2D eigenvalue weighted by molar-refractivity contribution is 5.79. The fourth-order valence-electron chi connectivity index (χ4n) is 2.46. The van der Waals surface area contributed by atoms with Crippen molar-refractivity contribution in [3.05, 3.63) is 18.3 Å². The molecule has 0 radical (unpaired) electrons. The average Bonchev–Trinajstić information content (AvgIpc) is 2.45. The van der Waals surface area contributed by atoms with Crippen molar-refractivity contribution in [2.45, 2.75) is 45.1 Å². The van der Waals surface area contributed by atoms with Crippen LogP contribution in [0.5, 0.6) is 5.75 Å². The molecule has 0 unspecified atom stereocenters. The molecule has 1 aliphatic rings. The summed E-state index contributed by atoms with van der Waals surface area (Å²) in [5, 5.41) is 0. The maximum atomic E-state index is 11.3. The first kappa shape index (κ1) is 13.8. The van der Waals surface area contributed by atoms with Gasteiger partial charge in [0.15, 0.2) is 11.6 Å². The molecule has 104 valence electrons. The monoisotopic (exact) mass is 262 g/mol. The molecule has 0 amide bonds. The summed E-state index contributed by atoms with van der Waals surface area (Å²) in [5.41, 5.74) is 0. The van der Waals surface area contributed by atoms with Crippen LogP contribution in [0.15, 0.2) is 18.3 Å². The molecule has 0 atom stereocenters. The Morgan fingerprint density at radius 1 is 1.42 bits per heavy atom. The van der Waals surface area contributed by atoms with Crippen molar-refractivity contribution in [3.63, 3.8) is 0 Å². The molecule has 19 heavy (non-hydrogen) atoms. The molecule has 1 heterocycles. The summed E-state index contributed by atoms with van der Waals surface area (Å²) in [5.74, 6) is 2.10. The minimum atomic E-state index is 0.383. The fourth-order valence-corrected chi connectivity index (χ4v) is 2.46. The molecule has 1 saturated carbocycles. The van der Waals surface area contributed by atoms with Crippen LogP contribution >= 0.6 is 0 Å². The number of carbonyl (C=O) groups is 1. The maximum Gasteiger partial charge on any atom is 0.171 e. The van der Waals surface area contributed by atoms with Gasteiger partial charge in [-0.15, -0.1) is 0 Å². The number of rotatable bonds is 5. The molecule has 0 saturated heterocycles.